The minimum absolute atomic E-state index is 0.133. The molecule has 0 radical (unpaired) electrons. The van der Waals surface area contributed by atoms with E-state index in [1.54, 1.807) is 10.5 Å². The Balaban J connectivity index is 1.40. The molecule has 0 bridgehead atoms. The molecule has 0 aromatic carbocycles. The second-order valence-electron chi connectivity index (χ2n) is 6.58. The average Bonchev–Trinajstić information content (AvgIpc) is 3.20. The normalized spacial score (nSPS) is 32.6. The van der Waals surface area contributed by atoms with Gasteiger partial charge in [0.2, 0.25) is 10.0 Å². The lowest BCUT2D eigenvalue weighted by atomic mass is 9.97. The highest BCUT2D eigenvalue weighted by Crippen LogP contribution is 2.40. The summed E-state index contributed by atoms with van der Waals surface area (Å²) in [6.45, 7) is 1.70. The summed E-state index contributed by atoms with van der Waals surface area (Å²) in [6.07, 6.45) is 5.01. The van der Waals surface area contributed by atoms with Gasteiger partial charge in [0.25, 0.3) is 0 Å². The summed E-state index contributed by atoms with van der Waals surface area (Å²) < 4.78 is 32.4. The highest BCUT2D eigenvalue weighted by molar-refractivity contribution is 7.90. The number of anilines is 1. The Morgan fingerprint density at radius 1 is 1.36 bits per heavy atom. The number of aromatic nitrogens is 1. The molecular formula is C15H21N3O3S. The first-order valence-electron chi connectivity index (χ1n) is 7.88. The number of pyridine rings is 1. The summed E-state index contributed by atoms with van der Waals surface area (Å²) in [4.78, 5) is 4.27. The van der Waals surface area contributed by atoms with E-state index in [1.807, 2.05) is 18.2 Å². The van der Waals surface area contributed by atoms with E-state index < -0.39 is 10.0 Å². The van der Waals surface area contributed by atoms with Crippen LogP contribution in [0.2, 0.25) is 0 Å². The van der Waals surface area contributed by atoms with Gasteiger partial charge in [-0.05, 0) is 31.4 Å². The maximum atomic E-state index is 12.4. The van der Waals surface area contributed by atoms with Crippen molar-refractivity contribution in [2.24, 2.45) is 0 Å². The SMILES string of the molecule is O=S(=O)(C1CC1)N1CCC2(CC(Nc3ccccn3)CO2)C1. The third-order valence-corrected chi connectivity index (χ3v) is 7.16. The lowest BCUT2D eigenvalue weighted by Crippen LogP contribution is -2.37. The average molecular weight is 323 g/mol. The second-order valence-corrected chi connectivity index (χ2v) is 8.80. The van der Waals surface area contributed by atoms with Gasteiger partial charge in [-0.2, -0.15) is 4.31 Å². The van der Waals surface area contributed by atoms with Crippen LogP contribution in [0.1, 0.15) is 25.7 Å². The number of hydrogen-bond donors (Lipinski definition) is 1. The zero-order valence-corrected chi connectivity index (χ0v) is 13.3. The summed E-state index contributed by atoms with van der Waals surface area (Å²) in [5, 5.41) is 3.24. The van der Waals surface area contributed by atoms with Crippen LogP contribution in [0.4, 0.5) is 5.82 Å². The molecule has 2 saturated heterocycles. The molecule has 2 atom stereocenters. The Hall–Kier alpha value is -1.18. The molecule has 1 aromatic rings. The topological polar surface area (TPSA) is 71.5 Å². The maximum absolute atomic E-state index is 12.4. The zero-order chi connectivity index (χ0) is 15.2. The van der Waals surface area contributed by atoms with Gasteiger partial charge in [-0.1, -0.05) is 6.07 Å². The van der Waals surface area contributed by atoms with Crippen LogP contribution in [0.5, 0.6) is 0 Å². The summed E-state index contributed by atoms with van der Waals surface area (Å²) in [5.41, 5.74) is -0.311. The van der Waals surface area contributed by atoms with Gasteiger partial charge in [0, 0.05) is 25.7 Å². The number of ether oxygens (including phenoxy) is 1. The molecule has 0 amide bonds. The zero-order valence-electron chi connectivity index (χ0n) is 12.4. The molecule has 1 aromatic heterocycles. The predicted octanol–water partition coefficient (Wildman–Crippen LogP) is 1.22. The molecule has 2 unspecified atom stereocenters. The molecule has 1 saturated carbocycles. The standard InChI is InChI=1S/C15H21N3O3S/c19-22(20,13-4-5-13)18-8-6-15(11-18)9-12(10-21-15)17-14-3-1-2-7-16-14/h1-3,7,12-13H,4-6,8-11H2,(H,16,17). The lowest BCUT2D eigenvalue weighted by molar-refractivity contribution is 0.0173. The Morgan fingerprint density at radius 2 is 2.23 bits per heavy atom. The Morgan fingerprint density at radius 3 is 2.95 bits per heavy atom. The van der Waals surface area contributed by atoms with Crippen LogP contribution in [-0.2, 0) is 14.8 Å². The molecule has 7 heteroatoms. The van der Waals surface area contributed by atoms with Crippen LogP contribution >= 0.6 is 0 Å². The largest absolute Gasteiger partial charge is 0.371 e. The first-order chi connectivity index (χ1) is 10.6. The van der Waals surface area contributed by atoms with Crippen molar-refractivity contribution < 1.29 is 13.2 Å². The molecule has 3 heterocycles. The minimum atomic E-state index is -3.08. The highest BCUT2D eigenvalue weighted by atomic mass is 32.2. The van der Waals surface area contributed by atoms with Crippen molar-refractivity contribution >= 4 is 15.8 Å². The fourth-order valence-corrected chi connectivity index (χ4v) is 5.40. The summed E-state index contributed by atoms with van der Waals surface area (Å²) in [7, 11) is -3.08. The molecule has 1 aliphatic carbocycles. The number of nitrogens with one attached hydrogen (secondary N) is 1. The molecule has 1 spiro atoms. The van der Waals surface area contributed by atoms with Gasteiger partial charge in [-0.15, -0.1) is 0 Å². The van der Waals surface area contributed by atoms with Crippen LogP contribution in [0.15, 0.2) is 24.4 Å². The van der Waals surface area contributed by atoms with Gasteiger partial charge in [0.15, 0.2) is 0 Å². The quantitative estimate of drug-likeness (QED) is 0.902. The van der Waals surface area contributed by atoms with E-state index in [9.17, 15) is 8.42 Å². The maximum Gasteiger partial charge on any atom is 0.217 e. The Labute approximate surface area is 130 Å². The fraction of sp³-hybridized carbons (Fsp3) is 0.667. The number of sulfonamides is 1. The third-order valence-electron chi connectivity index (χ3n) is 4.81. The summed E-state index contributed by atoms with van der Waals surface area (Å²) in [5.74, 6) is 0.841. The van der Waals surface area contributed by atoms with E-state index in [1.165, 1.54) is 0 Å². The van der Waals surface area contributed by atoms with Crippen molar-refractivity contribution in [1.82, 2.24) is 9.29 Å². The Kier molecular flexibility index (Phi) is 3.39. The van der Waals surface area contributed by atoms with Crippen molar-refractivity contribution in [2.45, 2.75) is 42.6 Å². The van der Waals surface area contributed by atoms with Gasteiger partial charge in [-0.25, -0.2) is 13.4 Å². The van der Waals surface area contributed by atoms with Crippen molar-refractivity contribution in [3.05, 3.63) is 24.4 Å². The van der Waals surface area contributed by atoms with Gasteiger partial charge in [0.05, 0.1) is 23.5 Å². The third kappa shape index (κ3) is 2.61. The first-order valence-corrected chi connectivity index (χ1v) is 9.38. The molecule has 3 aliphatic rings. The molecule has 120 valence electrons. The monoisotopic (exact) mass is 323 g/mol. The van der Waals surface area contributed by atoms with Crippen molar-refractivity contribution in [2.75, 3.05) is 25.0 Å². The number of nitrogens with zero attached hydrogens (tertiary/aromatic N) is 2. The van der Waals surface area contributed by atoms with Crippen molar-refractivity contribution in [1.29, 1.82) is 0 Å². The van der Waals surface area contributed by atoms with E-state index >= 15 is 0 Å². The molecule has 4 rings (SSSR count). The Bertz CT molecular complexity index is 647. The van der Waals surface area contributed by atoms with Crippen molar-refractivity contribution in [3.63, 3.8) is 0 Å². The minimum Gasteiger partial charge on any atom is -0.371 e. The van der Waals surface area contributed by atoms with Crippen LogP contribution in [0, 0.1) is 0 Å². The van der Waals surface area contributed by atoms with Gasteiger partial charge < -0.3 is 10.1 Å². The molecule has 6 nitrogen and oxygen atoms in total. The predicted molar refractivity (Wildman–Crippen MR) is 83.1 cm³/mol. The van der Waals surface area contributed by atoms with Gasteiger partial charge >= 0.3 is 0 Å². The molecule has 1 N–H and O–H groups in total. The number of rotatable bonds is 4. The van der Waals surface area contributed by atoms with E-state index in [0.717, 1.165) is 31.5 Å². The fourth-order valence-electron chi connectivity index (χ4n) is 3.48. The van der Waals surface area contributed by atoms with Crippen LogP contribution < -0.4 is 5.32 Å². The first kappa shape index (κ1) is 14.4. The number of hydrogen-bond acceptors (Lipinski definition) is 5. The van der Waals surface area contributed by atoms with Crippen LogP contribution in [0.3, 0.4) is 0 Å². The second kappa shape index (κ2) is 5.18. The molecule has 2 aliphatic heterocycles. The van der Waals surface area contributed by atoms with Crippen molar-refractivity contribution in [3.8, 4) is 0 Å². The summed E-state index contributed by atoms with van der Waals surface area (Å²) in [6, 6.07) is 5.96. The molecule has 22 heavy (non-hydrogen) atoms. The van der Waals surface area contributed by atoms with Crippen LogP contribution in [-0.4, -0.2) is 54.3 Å². The summed E-state index contributed by atoms with van der Waals surface area (Å²) >= 11 is 0. The van der Waals surface area contributed by atoms with E-state index in [0.29, 0.717) is 19.7 Å². The van der Waals surface area contributed by atoms with E-state index in [2.05, 4.69) is 10.3 Å². The van der Waals surface area contributed by atoms with Crippen LogP contribution in [0.25, 0.3) is 0 Å². The highest BCUT2D eigenvalue weighted by Gasteiger charge is 2.51. The molecular weight excluding hydrogens is 302 g/mol. The van der Waals surface area contributed by atoms with Gasteiger partial charge in [-0.3, -0.25) is 0 Å². The van der Waals surface area contributed by atoms with E-state index in [4.69, 9.17) is 4.74 Å². The smallest absolute Gasteiger partial charge is 0.217 e. The van der Waals surface area contributed by atoms with E-state index in [-0.39, 0.29) is 16.9 Å². The van der Waals surface area contributed by atoms with Gasteiger partial charge in [0.1, 0.15) is 5.82 Å². The lowest BCUT2D eigenvalue weighted by Gasteiger charge is -2.23. The molecule has 3 fully saturated rings.